The molecule has 4 saturated carbocycles. The van der Waals surface area contributed by atoms with E-state index in [2.05, 4.69) is 6.92 Å². The van der Waals surface area contributed by atoms with Gasteiger partial charge in [0.15, 0.2) is 0 Å². The first-order valence-corrected chi connectivity index (χ1v) is 7.39. The highest BCUT2D eigenvalue weighted by atomic mass is 16.4. The number of rotatable bonds is 1. The number of carboxylic acids is 1. The summed E-state index contributed by atoms with van der Waals surface area (Å²) in [5.74, 6) is 5.21. The van der Waals surface area contributed by atoms with Crippen LogP contribution in [0.5, 0.6) is 0 Å². The Labute approximate surface area is 103 Å². The lowest BCUT2D eigenvalue weighted by Crippen LogP contribution is -2.33. The van der Waals surface area contributed by atoms with Crippen LogP contribution in [-0.2, 0) is 4.79 Å². The number of carboxylic acid groups (broad SMARTS) is 1. The van der Waals surface area contributed by atoms with E-state index in [1.807, 2.05) is 0 Å². The average molecular weight is 234 g/mol. The van der Waals surface area contributed by atoms with Gasteiger partial charge in [-0.2, -0.15) is 0 Å². The van der Waals surface area contributed by atoms with E-state index in [1.165, 1.54) is 25.7 Å². The van der Waals surface area contributed by atoms with E-state index < -0.39 is 5.97 Å². The Morgan fingerprint density at radius 2 is 1.76 bits per heavy atom. The summed E-state index contributed by atoms with van der Waals surface area (Å²) in [5, 5.41) is 9.36. The maximum atomic E-state index is 11.4. The first-order chi connectivity index (χ1) is 8.16. The van der Waals surface area contributed by atoms with E-state index in [0.717, 1.165) is 41.9 Å². The van der Waals surface area contributed by atoms with Gasteiger partial charge < -0.3 is 5.11 Å². The smallest absolute Gasteiger partial charge is 0.306 e. The number of aliphatic carboxylic acids is 1. The summed E-state index contributed by atoms with van der Waals surface area (Å²) in [6.07, 6.45) is 6.50. The van der Waals surface area contributed by atoms with Crippen LogP contribution in [0.4, 0.5) is 0 Å². The zero-order valence-electron chi connectivity index (χ0n) is 10.5. The fraction of sp³-hybridized carbons (Fsp3) is 0.933. The van der Waals surface area contributed by atoms with E-state index in [9.17, 15) is 9.90 Å². The molecule has 0 heterocycles. The molecule has 94 valence electrons. The molecule has 0 radical (unpaired) electrons. The van der Waals surface area contributed by atoms with Crippen molar-refractivity contribution in [2.24, 2.45) is 47.3 Å². The molecule has 8 unspecified atom stereocenters. The zero-order valence-corrected chi connectivity index (χ0v) is 10.5. The largest absolute Gasteiger partial charge is 0.481 e. The molecule has 0 amide bonds. The topological polar surface area (TPSA) is 37.3 Å². The molecule has 4 aliphatic rings. The van der Waals surface area contributed by atoms with Crippen molar-refractivity contribution in [2.45, 2.75) is 39.0 Å². The Bertz CT molecular complexity index is 364. The molecule has 0 aromatic carbocycles. The molecule has 4 rings (SSSR count). The molecule has 4 fully saturated rings. The van der Waals surface area contributed by atoms with Gasteiger partial charge in [-0.1, -0.05) is 13.3 Å². The Kier molecular flexibility index (Phi) is 2.00. The maximum Gasteiger partial charge on any atom is 0.306 e. The molecule has 0 aliphatic heterocycles. The van der Waals surface area contributed by atoms with Gasteiger partial charge in [0, 0.05) is 0 Å². The minimum atomic E-state index is -0.509. The van der Waals surface area contributed by atoms with Crippen LogP contribution in [0.3, 0.4) is 0 Å². The van der Waals surface area contributed by atoms with Gasteiger partial charge >= 0.3 is 5.97 Å². The highest BCUT2D eigenvalue weighted by molar-refractivity contribution is 5.71. The Morgan fingerprint density at radius 1 is 1.00 bits per heavy atom. The standard InChI is InChI=1S/C15H22O2/c1-7-2-3-8-4-10(7)14-11-5-9(13(8)14)6-12(11)15(16)17/h7-14H,2-6H2,1H3,(H,16,17). The Balaban J connectivity index is 1.68. The van der Waals surface area contributed by atoms with Crippen LogP contribution in [-0.4, -0.2) is 11.1 Å². The predicted octanol–water partition coefficient (Wildman–Crippen LogP) is 3.03. The van der Waals surface area contributed by atoms with Crippen molar-refractivity contribution >= 4 is 5.97 Å². The fourth-order valence-electron chi connectivity index (χ4n) is 6.31. The second-order valence-corrected chi connectivity index (χ2v) is 7.21. The lowest BCUT2D eigenvalue weighted by atomic mass is 9.70. The molecule has 2 heteroatoms. The molecule has 4 aliphatic carbocycles. The van der Waals surface area contributed by atoms with Crippen molar-refractivity contribution in [1.29, 1.82) is 0 Å². The minimum Gasteiger partial charge on any atom is -0.481 e. The summed E-state index contributed by atoms with van der Waals surface area (Å²) in [5.41, 5.74) is 0. The average Bonchev–Trinajstić information content (AvgIpc) is 2.94. The van der Waals surface area contributed by atoms with Gasteiger partial charge in [-0.15, -0.1) is 0 Å². The van der Waals surface area contributed by atoms with Gasteiger partial charge in [-0.25, -0.2) is 0 Å². The molecular formula is C15H22O2. The van der Waals surface area contributed by atoms with Gasteiger partial charge in [0.05, 0.1) is 5.92 Å². The summed E-state index contributed by atoms with van der Waals surface area (Å²) in [6.45, 7) is 2.41. The SMILES string of the molecule is CC1CCC2CC1C1C3CC(CC3C(=O)O)C21. The zero-order chi connectivity index (χ0) is 11.7. The van der Waals surface area contributed by atoms with Crippen molar-refractivity contribution in [3.05, 3.63) is 0 Å². The summed E-state index contributed by atoms with van der Waals surface area (Å²) < 4.78 is 0. The van der Waals surface area contributed by atoms with Crippen molar-refractivity contribution < 1.29 is 9.90 Å². The number of carbonyl (C=O) groups is 1. The molecule has 1 N–H and O–H groups in total. The van der Waals surface area contributed by atoms with Crippen LogP contribution >= 0.6 is 0 Å². The van der Waals surface area contributed by atoms with Crippen LogP contribution in [0.2, 0.25) is 0 Å². The first-order valence-electron chi connectivity index (χ1n) is 7.39. The monoisotopic (exact) mass is 234 g/mol. The van der Waals surface area contributed by atoms with Crippen molar-refractivity contribution in [2.75, 3.05) is 0 Å². The van der Waals surface area contributed by atoms with Crippen LogP contribution < -0.4 is 0 Å². The Morgan fingerprint density at radius 3 is 2.53 bits per heavy atom. The fourth-order valence-corrected chi connectivity index (χ4v) is 6.31. The van der Waals surface area contributed by atoms with Crippen LogP contribution in [0.1, 0.15) is 39.0 Å². The van der Waals surface area contributed by atoms with E-state index in [1.54, 1.807) is 0 Å². The predicted molar refractivity (Wildman–Crippen MR) is 64.3 cm³/mol. The van der Waals surface area contributed by atoms with E-state index in [-0.39, 0.29) is 5.92 Å². The van der Waals surface area contributed by atoms with Crippen LogP contribution in [0, 0.1) is 47.3 Å². The lowest BCUT2D eigenvalue weighted by molar-refractivity contribution is -0.145. The Hall–Kier alpha value is -0.530. The number of hydrogen-bond acceptors (Lipinski definition) is 1. The van der Waals surface area contributed by atoms with Gasteiger partial charge in [-0.3, -0.25) is 4.79 Å². The summed E-state index contributed by atoms with van der Waals surface area (Å²) in [7, 11) is 0. The van der Waals surface area contributed by atoms with Crippen LogP contribution in [0.15, 0.2) is 0 Å². The molecular weight excluding hydrogens is 212 g/mol. The molecule has 0 aromatic heterocycles. The van der Waals surface area contributed by atoms with E-state index in [4.69, 9.17) is 0 Å². The van der Waals surface area contributed by atoms with Gasteiger partial charge in [-0.05, 0) is 67.1 Å². The van der Waals surface area contributed by atoms with E-state index >= 15 is 0 Å². The second-order valence-electron chi connectivity index (χ2n) is 7.21. The third-order valence-electron chi connectivity index (χ3n) is 6.79. The lowest BCUT2D eigenvalue weighted by Gasteiger charge is -2.34. The molecule has 0 spiro atoms. The third kappa shape index (κ3) is 1.19. The van der Waals surface area contributed by atoms with Crippen molar-refractivity contribution in [1.82, 2.24) is 0 Å². The third-order valence-corrected chi connectivity index (χ3v) is 6.79. The second kappa shape index (κ2) is 3.27. The molecule has 0 aromatic rings. The quantitative estimate of drug-likeness (QED) is 0.708. The molecule has 0 saturated heterocycles. The normalized spacial score (nSPS) is 59.4. The summed E-state index contributed by atoms with van der Waals surface area (Å²) in [4.78, 5) is 11.4. The highest BCUT2D eigenvalue weighted by Gasteiger charge is 2.63. The van der Waals surface area contributed by atoms with Gasteiger partial charge in [0.2, 0.25) is 0 Å². The highest BCUT2D eigenvalue weighted by Crippen LogP contribution is 2.68. The van der Waals surface area contributed by atoms with Gasteiger partial charge in [0.1, 0.15) is 0 Å². The number of fused-ring (bicyclic) bond motifs is 9. The van der Waals surface area contributed by atoms with Crippen molar-refractivity contribution in [3.63, 3.8) is 0 Å². The van der Waals surface area contributed by atoms with Crippen LogP contribution in [0.25, 0.3) is 0 Å². The molecule has 8 atom stereocenters. The first kappa shape index (κ1) is 10.4. The van der Waals surface area contributed by atoms with E-state index in [0.29, 0.717) is 5.92 Å². The molecule has 17 heavy (non-hydrogen) atoms. The van der Waals surface area contributed by atoms with Gasteiger partial charge in [0.25, 0.3) is 0 Å². The molecule has 2 nitrogen and oxygen atoms in total. The summed E-state index contributed by atoms with van der Waals surface area (Å²) in [6, 6.07) is 0. The molecule has 4 bridgehead atoms. The summed E-state index contributed by atoms with van der Waals surface area (Å²) >= 11 is 0. The van der Waals surface area contributed by atoms with Crippen molar-refractivity contribution in [3.8, 4) is 0 Å². The maximum absolute atomic E-state index is 11.4. The minimum absolute atomic E-state index is 0.00722. The number of hydrogen-bond donors (Lipinski definition) is 1.